The van der Waals surface area contributed by atoms with Gasteiger partial charge in [0.1, 0.15) is 11.6 Å². The third-order valence-electron chi connectivity index (χ3n) is 5.10. The first-order valence-electron chi connectivity index (χ1n) is 10.3. The average molecular weight is 441 g/mol. The first-order chi connectivity index (χ1) is 15.0. The summed E-state index contributed by atoms with van der Waals surface area (Å²) in [6, 6.07) is 15.1. The molecule has 6 nitrogen and oxygen atoms in total. The number of aliphatic hydroxyl groups is 1. The van der Waals surface area contributed by atoms with E-state index in [1.54, 1.807) is 7.11 Å². The SMILES string of the molecule is CCC(C)N(Cc1ccc(OC)c(OCc2nc(CO)cs2)c1)C(=O)c1ccccc1. The summed E-state index contributed by atoms with van der Waals surface area (Å²) in [5.74, 6) is 1.22. The zero-order chi connectivity index (χ0) is 22.2. The van der Waals surface area contributed by atoms with E-state index in [2.05, 4.69) is 18.8 Å². The van der Waals surface area contributed by atoms with Crippen molar-refractivity contribution in [3.63, 3.8) is 0 Å². The van der Waals surface area contributed by atoms with Crippen LogP contribution in [-0.4, -0.2) is 34.0 Å². The molecule has 1 heterocycles. The van der Waals surface area contributed by atoms with Gasteiger partial charge in [-0.15, -0.1) is 11.3 Å². The van der Waals surface area contributed by atoms with E-state index in [-0.39, 0.29) is 25.2 Å². The molecule has 0 aliphatic carbocycles. The summed E-state index contributed by atoms with van der Waals surface area (Å²) in [4.78, 5) is 19.3. The number of thiazole rings is 1. The molecule has 1 aromatic heterocycles. The summed E-state index contributed by atoms with van der Waals surface area (Å²) in [6.45, 7) is 4.80. The maximum atomic E-state index is 13.1. The molecule has 0 radical (unpaired) electrons. The number of hydrogen-bond acceptors (Lipinski definition) is 6. The summed E-state index contributed by atoms with van der Waals surface area (Å²) >= 11 is 1.44. The lowest BCUT2D eigenvalue weighted by atomic mass is 10.1. The van der Waals surface area contributed by atoms with Crippen molar-refractivity contribution in [2.45, 2.75) is 46.1 Å². The van der Waals surface area contributed by atoms with Crippen LogP contribution in [0.5, 0.6) is 11.5 Å². The highest BCUT2D eigenvalue weighted by atomic mass is 32.1. The Labute approximate surface area is 187 Å². The molecule has 1 atom stereocenters. The fourth-order valence-corrected chi connectivity index (χ4v) is 3.85. The zero-order valence-electron chi connectivity index (χ0n) is 18.1. The molecule has 0 fully saturated rings. The van der Waals surface area contributed by atoms with Crippen LogP contribution in [0.4, 0.5) is 0 Å². The Morgan fingerprint density at radius 1 is 1.19 bits per heavy atom. The Morgan fingerprint density at radius 2 is 1.97 bits per heavy atom. The van der Waals surface area contributed by atoms with Gasteiger partial charge in [-0.1, -0.05) is 31.2 Å². The highest BCUT2D eigenvalue weighted by Crippen LogP contribution is 2.30. The molecule has 0 aliphatic heterocycles. The summed E-state index contributed by atoms with van der Waals surface area (Å²) < 4.78 is 11.4. The molecule has 0 saturated heterocycles. The largest absolute Gasteiger partial charge is 0.493 e. The van der Waals surface area contributed by atoms with Crippen molar-refractivity contribution in [2.75, 3.05) is 7.11 Å². The second-order valence-corrected chi connectivity index (χ2v) is 8.16. The standard InChI is InChI=1S/C24H28N2O4S/c1-4-17(2)26(24(28)19-8-6-5-7-9-19)13-18-10-11-21(29-3)22(12-18)30-15-23-25-20(14-27)16-31-23/h5-12,16-17,27H,4,13-15H2,1-3H3. The van der Waals surface area contributed by atoms with E-state index in [0.717, 1.165) is 17.0 Å². The van der Waals surface area contributed by atoms with E-state index in [1.165, 1.54) is 11.3 Å². The Balaban J connectivity index is 1.79. The molecule has 3 rings (SSSR count). The summed E-state index contributed by atoms with van der Waals surface area (Å²) in [7, 11) is 1.60. The number of aliphatic hydroxyl groups excluding tert-OH is 1. The number of hydrogen-bond donors (Lipinski definition) is 1. The molecule has 1 amide bonds. The highest BCUT2D eigenvalue weighted by molar-refractivity contribution is 7.09. The van der Waals surface area contributed by atoms with E-state index < -0.39 is 0 Å². The van der Waals surface area contributed by atoms with E-state index in [0.29, 0.717) is 29.3 Å². The first-order valence-corrected chi connectivity index (χ1v) is 11.1. The van der Waals surface area contributed by atoms with Crippen LogP contribution in [0.3, 0.4) is 0 Å². The van der Waals surface area contributed by atoms with E-state index >= 15 is 0 Å². The first kappa shape index (κ1) is 22.8. The summed E-state index contributed by atoms with van der Waals surface area (Å²) in [5.41, 5.74) is 2.26. The van der Waals surface area contributed by atoms with Gasteiger partial charge in [0.2, 0.25) is 0 Å². The van der Waals surface area contributed by atoms with Gasteiger partial charge in [-0.25, -0.2) is 4.98 Å². The molecular weight excluding hydrogens is 412 g/mol. The van der Waals surface area contributed by atoms with Gasteiger partial charge in [0.25, 0.3) is 5.91 Å². The van der Waals surface area contributed by atoms with Crippen LogP contribution in [-0.2, 0) is 19.8 Å². The van der Waals surface area contributed by atoms with Crippen molar-refractivity contribution < 1.29 is 19.4 Å². The van der Waals surface area contributed by atoms with Crippen LogP contribution in [0.2, 0.25) is 0 Å². The van der Waals surface area contributed by atoms with E-state index in [1.807, 2.05) is 58.8 Å². The monoisotopic (exact) mass is 440 g/mol. The molecule has 1 N–H and O–H groups in total. The van der Waals surface area contributed by atoms with Crippen molar-refractivity contribution in [3.05, 3.63) is 75.7 Å². The fraction of sp³-hybridized carbons (Fsp3) is 0.333. The zero-order valence-corrected chi connectivity index (χ0v) is 18.9. The van der Waals surface area contributed by atoms with Gasteiger partial charge in [-0.3, -0.25) is 4.79 Å². The lowest BCUT2D eigenvalue weighted by Gasteiger charge is -2.29. The maximum Gasteiger partial charge on any atom is 0.254 e. The smallest absolute Gasteiger partial charge is 0.254 e. The quantitative estimate of drug-likeness (QED) is 0.496. The highest BCUT2D eigenvalue weighted by Gasteiger charge is 2.21. The minimum absolute atomic E-state index is 0.00700. The second kappa shape index (κ2) is 10.9. The van der Waals surface area contributed by atoms with Gasteiger partial charge >= 0.3 is 0 Å². The van der Waals surface area contributed by atoms with Gasteiger partial charge in [0.05, 0.1) is 19.4 Å². The van der Waals surface area contributed by atoms with Crippen LogP contribution >= 0.6 is 11.3 Å². The second-order valence-electron chi connectivity index (χ2n) is 7.22. The third kappa shape index (κ3) is 5.83. The van der Waals surface area contributed by atoms with E-state index in [4.69, 9.17) is 9.47 Å². The number of methoxy groups -OCH3 is 1. The van der Waals surface area contributed by atoms with Crippen LogP contribution in [0, 0.1) is 0 Å². The lowest BCUT2D eigenvalue weighted by Crippen LogP contribution is -2.37. The van der Waals surface area contributed by atoms with Crippen LogP contribution in [0.25, 0.3) is 0 Å². The van der Waals surface area contributed by atoms with Crippen LogP contribution < -0.4 is 9.47 Å². The number of amides is 1. The van der Waals surface area contributed by atoms with Gasteiger partial charge < -0.3 is 19.5 Å². The molecule has 1 unspecified atom stereocenters. The predicted molar refractivity (Wildman–Crippen MR) is 121 cm³/mol. The van der Waals surface area contributed by atoms with Crippen molar-refractivity contribution >= 4 is 17.2 Å². The van der Waals surface area contributed by atoms with Crippen molar-refractivity contribution in [1.82, 2.24) is 9.88 Å². The number of rotatable bonds is 10. The molecule has 164 valence electrons. The Morgan fingerprint density at radius 3 is 2.61 bits per heavy atom. The third-order valence-corrected chi connectivity index (χ3v) is 5.97. The van der Waals surface area contributed by atoms with Crippen molar-refractivity contribution in [2.24, 2.45) is 0 Å². The average Bonchev–Trinajstić information content (AvgIpc) is 3.29. The number of benzene rings is 2. The number of carbonyl (C=O) groups excluding carboxylic acids is 1. The number of nitrogens with zero attached hydrogens (tertiary/aromatic N) is 2. The molecule has 0 saturated carbocycles. The van der Waals surface area contributed by atoms with Gasteiger partial charge in [-0.2, -0.15) is 0 Å². The van der Waals surface area contributed by atoms with Crippen molar-refractivity contribution in [1.29, 1.82) is 0 Å². The van der Waals surface area contributed by atoms with Crippen LogP contribution in [0.1, 0.15) is 46.9 Å². The fourth-order valence-electron chi connectivity index (χ4n) is 3.15. The normalized spacial score (nSPS) is 11.7. The number of aromatic nitrogens is 1. The Hall–Kier alpha value is -2.90. The molecule has 0 spiro atoms. The van der Waals surface area contributed by atoms with Crippen LogP contribution in [0.15, 0.2) is 53.9 Å². The predicted octanol–water partition coefficient (Wildman–Crippen LogP) is 4.66. The summed E-state index contributed by atoms with van der Waals surface area (Å²) in [5, 5.41) is 11.8. The number of ether oxygens (including phenoxy) is 2. The molecule has 31 heavy (non-hydrogen) atoms. The molecule has 3 aromatic rings. The van der Waals surface area contributed by atoms with E-state index in [9.17, 15) is 9.90 Å². The maximum absolute atomic E-state index is 13.1. The molecular formula is C24H28N2O4S. The topological polar surface area (TPSA) is 71.9 Å². The molecule has 2 aromatic carbocycles. The van der Waals surface area contributed by atoms with Crippen molar-refractivity contribution in [3.8, 4) is 11.5 Å². The van der Waals surface area contributed by atoms with Gasteiger partial charge in [0.15, 0.2) is 11.5 Å². The Bertz CT molecular complexity index is 990. The van der Waals surface area contributed by atoms with Gasteiger partial charge in [0, 0.05) is 23.5 Å². The molecule has 7 heteroatoms. The minimum atomic E-state index is -0.0871. The minimum Gasteiger partial charge on any atom is -0.493 e. The molecule has 0 aliphatic rings. The number of carbonyl (C=O) groups is 1. The lowest BCUT2D eigenvalue weighted by molar-refractivity contribution is 0.0671. The Kier molecular flexibility index (Phi) is 8.03. The molecule has 0 bridgehead atoms. The van der Waals surface area contributed by atoms with Gasteiger partial charge in [-0.05, 0) is 43.2 Å². The summed E-state index contributed by atoms with van der Waals surface area (Å²) in [6.07, 6.45) is 0.856.